The molecule has 0 unspecified atom stereocenters. The van der Waals surface area contributed by atoms with Gasteiger partial charge in [0.1, 0.15) is 0 Å². The number of alkyl halides is 3. The van der Waals surface area contributed by atoms with Crippen LogP contribution >= 0.6 is 0 Å². The topological polar surface area (TPSA) is 78.5 Å². The number of hydrogen-bond donors (Lipinski definition) is 2. The normalized spacial score (nSPS) is 15.2. The molecule has 3 amide bonds. The average molecular weight is 399 g/mol. The lowest BCUT2D eigenvalue weighted by atomic mass is 9.95. The van der Waals surface area contributed by atoms with Gasteiger partial charge in [0.25, 0.3) is 0 Å². The Morgan fingerprint density at radius 1 is 1.14 bits per heavy atom. The molecule has 2 rings (SSSR count). The first-order valence-corrected chi connectivity index (χ1v) is 9.19. The third-order valence-electron chi connectivity index (χ3n) is 4.59. The van der Waals surface area contributed by atoms with Crippen LogP contribution in [0.4, 0.5) is 24.5 Å². The number of likely N-dealkylation sites (tertiary alicyclic amines) is 1. The number of halogens is 3. The minimum atomic E-state index is -4.69. The van der Waals surface area contributed by atoms with Gasteiger partial charge < -0.3 is 15.5 Å². The summed E-state index contributed by atoms with van der Waals surface area (Å²) in [5, 5.41) is 4.66. The van der Waals surface area contributed by atoms with Gasteiger partial charge in [-0.05, 0) is 37.5 Å². The molecular formula is C19H24F3N3O3. The molecular weight excluding hydrogens is 375 g/mol. The lowest BCUT2D eigenvalue weighted by Crippen LogP contribution is -2.41. The van der Waals surface area contributed by atoms with Crippen LogP contribution in [0.1, 0.15) is 45.1 Å². The number of piperidine rings is 1. The monoisotopic (exact) mass is 399 g/mol. The molecule has 0 bridgehead atoms. The average Bonchev–Trinajstić information content (AvgIpc) is 2.62. The molecule has 0 aromatic heterocycles. The molecule has 0 atom stereocenters. The van der Waals surface area contributed by atoms with Gasteiger partial charge in [-0.1, -0.05) is 6.92 Å². The lowest BCUT2D eigenvalue weighted by Gasteiger charge is -2.31. The Balaban J connectivity index is 2.07. The number of nitrogens with zero attached hydrogens (tertiary/aromatic N) is 1. The number of amides is 3. The number of nitrogens with one attached hydrogen (secondary N) is 2. The molecule has 0 saturated carbocycles. The van der Waals surface area contributed by atoms with Crippen molar-refractivity contribution >= 4 is 29.1 Å². The molecule has 1 aliphatic heterocycles. The maximum absolute atomic E-state index is 13.4. The van der Waals surface area contributed by atoms with Crippen LogP contribution in [0.25, 0.3) is 0 Å². The molecule has 1 fully saturated rings. The Morgan fingerprint density at radius 3 is 2.32 bits per heavy atom. The standard InChI is InChI=1S/C19H24F3N3O3/c1-3-4-17(27)25-9-7-13(8-10-25)18(28)24-16-6-5-14(23-12(2)26)11-15(16)19(20,21)22/h5-6,11,13H,3-4,7-10H2,1-2H3,(H,23,26)(H,24,28). The lowest BCUT2D eigenvalue weighted by molar-refractivity contribution is -0.137. The summed E-state index contributed by atoms with van der Waals surface area (Å²) in [4.78, 5) is 37.1. The molecule has 0 radical (unpaired) electrons. The van der Waals surface area contributed by atoms with Crippen molar-refractivity contribution in [1.29, 1.82) is 0 Å². The summed E-state index contributed by atoms with van der Waals surface area (Å²) in [5.74, 6) is -1.41. The molecule has 6 nitrogen and oxygen atoms in total. The van der Waals surface area contributed by atoms with E-state index in [1.807, 2.05) is 6.92 Å². The van der Waals surface area contributed by atoms with Gasteiger partial charge in [0.15, 0.2) is 0 Å². The van der Waals surface area contributed by atoms with Crippen LogP contribution in [0, 0.1) is 5.92 Å². The zero-order valence-electron chi connectivity index (χ0n) is 15.9. The van der Waals surface area contributed by atoms with Gasteiger partial charge >= 0.3 is 6.18 Å². The number of carbonyl (C=O) groups is 3. The molecule has 154 valence electrons. The van der Waals surface area contributed by atoms with E-state index in [1.54, 1.807) is 4.90 Å². The van der Waals surface area contributed by atoms with Crippen molar-refractivity contribution in [3.8, 4) is 0 Å². The van der Waals surface area contributed by atoms with E-state index in [4.69, 9.17) is 0 Å². The molecule has 0 aliphatic carbocycles. The van der Waals surface area contributed by atoms with Crippen molar-refractivity contribution in [2.24, 2.45) is 5.92 Å². The maximum atomic E-state index is 13.4. The first kappa shape index (κ1) is 21.7. The van der Waals surface area contributed by atoms with E-state index < -0.39 is 29.5 Å². The molecule has 1 aromatic carbocycles. The van der Waals surface area contributed by atoms with Gasteiger partial charge in [0.2, 0.25) is 17.7 Å². The molecule has 0 spiro atoms. The van der Waals surface area contributed by atoms with Crippen molar-refractivity contribution in [3.05, 3.63) is 23.8 Å². The third-order valence-corrected chi connectivity index (χ3v) is 4.59. The van der Waals surface area contributed by atoms with Crippen LogP contribution in [0.2, 0.25) is 0 Å². The van der Waals surface area contributed by atoms with Gasteiger partial charge in [-0.2, -0.15) is 13.2 Å². The van der Waals surface area contributed by atoms with Crippen LogP contribution in [-0.4, -0.2) is 35.7 Å². The second-order valence-corrected chi connectivity index (χ2v) is 6.83. The fourth-order valence-corrected chi connectivity index (χ4v) is 3.17. The second kappa shape index (κ2) is 9.07. The molecule has 2 N–H and O–H groups in total. The van der Waals surface area contributed by atoms with E-state index in [0.29, 0.717) is 32.4 Å². The van der Waals surface area contributed by atoms with E-state index in [0.717, 1.165) is 18.6 Å². The predicted molar refractivity (Wildman–Crippen MR) is 98.6 cm³/mol. The van der Waals surface area contributed by atoms with Gasteiger partial charge in [0, 0.05) is 38.0 Å². The fraction of sp³-hybridized carbons (Fsp3) is 0.526. The van der Waals surface area contributed by atoms with E-state index in [-0.39, 0.29) is 17.3 Å². The van der Waals surface area contributed by atoms with Gasteiger partial charge in [-0.3, -0.25) is 14.4 Å². The van der Waals surface area contributed by atoms with E-state index in [9.17, 15) is 27.6 Å². The quantitative estimate of drug-likeness (QED) is 0.794. The molecule has 1 aliphatic rings. The molecule has 28 heavy (non-hydrogen) atoms. The Hall–Kier alpha value is -2.58. The smallest absolute Gasteiger partial charge is 0.343 e. The summed E-state index contributed by atoms with van der Waals surface area (Å²) in [7, 11) is 0. The highest BCUT2D eigenvalue weighted by atomic mass is 19.4. The van der Waals surface area contributed by atoms with Crippen molar-refractivity contribution in [3.63, 3.8) is 0 Å². The zero-order valence-corrected chi connectivity index (χ0v) is 15.9. The highest BCUT2D eigenvalue weighted by Gasteiger charge is 2.35. The van der Waals surface area contributed by atoms with Crippen LogP contribution in [0.5, 0.6) is 0 Å². The number of benzene rings is 1. The van der Waals surface area contributed by atoms with E-state index >= 15 is 0 Å². The minimum absolute atomic E-state index is 0.000527. The van der Waals surface area contributed by atoms with Crippen LogP contribution in [-0.2, 0) is 20.6 Å². The van der Waals surface area contributed by atoms with Crippen molar-refractivity contribution in [2.75, 3.05) is 23.7 Å². The minimum Gasteiger partial charge on any atom is -0.343 e. The van der Waals surface area contributed by atoms with Crippen molar-refractivity contribution in [1.82, 2.24) is 4.90 Å². The third kappa shape index (κ3) is 5.71. The van der Waals surface area contributed by atoms with E-state index in [1.165, 1.54) is 13.0 Å². The largest absolute Gasteiger partial charge is 0.418 e. The summed E-state index contributed by atoms with van der Waals surface area (Å²) >= 11 is 0. The summed E-state index contributed by atoms with van der Waals surface area (Å²) in [6, 6.07) is 3.23. The molecule has 1 saturated heterocycles. The maximum Gasteiger partial charge on any atom is 0.418 e. The fourth-order valence-electron chi connectivity index (χ4n) is 3.17. The zero-order chi connectivity index (χ0) is 20.9. The number of hydrogen-bond acceptors (Lipinski definition) is 3. The highest BCUT2D eigenvalue weighted by Crippen LogP contribution is 2.37. The number of rotatable bonds is 5. The van der Waals surface area contributed by atoms with Crippen LogP contribution in [0.15, 0.2) is 18.2 Å². The Kier molecular flexibility index (Phi) is 7.04. The highest BCUT2D eigenvalue weighted by molar-refractivity contribution is 5.94. The molecule has 1 heterocycles. The molecule has 9 heteroatoms. The summed E-state index contributed by atoms with van der Waals surface area (Å²) < 4.78 is 40.1. The summed E-state index contributed by atoms with van der Waals surface area (Å²) in [6.45, 7) is 3.95. The van der Waals surface area contributed by atoms with Gasteiger partial charge in [-0.25, -0.2) is 0 Å². The Labute approximate surface area is 161 Å². The predicted octanol–water partition coefficient (Wildman–Crippen LogP) is 3.64. The number of carbonyl (C=O) groups excluding carboxylic acids is 3. The van der Waals surface area contributed by atoms with Crippen molar-refractivity contribution in [2.45, 2.75) is 45.7 Å². The van der Waals surface area contributed by atoms with Crippen LogP contribution < -0.4 is 10.6 Å². The van der Waals surface area contributed by atoms with E-state index in [2.05, 4.69) is 10.6 Å². The van der Waals surface area contributed by atoms with Gasteiger partial charge in [-0.15, -0.1) is 0 Å². The summed E-state index contributed by atoms with van der Waals surface area (Å²) in [6.07, 6.45) is -2.67. The molecule has 1 aromatic rings. The Bertz CT molecular complexity index is 742. The number of anilines is 2. The second-order valence-electron chi connectivity index (χ2n) is 6.83. The van der Waals surface area contributed by atoms with Crippen LogP contribution in [0.3, 0.4) is 0 Å². The van der Waals surface area contributed by atoms with Gasteiger partial charge in [0.05, 0.1) is 11.3 Å². The SMILES string of the molecule is CCCC(=O)N1CCC(C(=O)Nc2ccc(NC(C)=O)cc2C(F)(F)F)CC1. The first-order valence-electron chi connectivity index (χ1n) is 9.19. The first-order chi connectivity index (χ1) is 13.1. The summed E-state index contributed by atoms with van der Waals surface area (Å²) in [5.41, 5.74) is -1.38. The van der Waals surface area contributed by atoms with Crippen molar-refractivity contribution < 1.29 is 27.6 Å². The Morgan fingerprint density at radius 2 is 1.79 bits per heavy atom.